The maximum atomic E-state index is 16.1. The van der Waals surface area contributed by atoms with Crippen molar-refractivity contribution in [2.24, 2.45) is 10.8 Å². The van der Waals surface area contributed by atoms with Gasteiger partial charge in [-0.1, -0.05) is 24.0 Å². The lowest BCUT2D eigenvalue weighted by molar-refractivity contribution is -0.239. The molecular formula is C55H61F10N9O8. The highest BCUT2D eigenvalue weighted by Crippen LogP contribution is 2.43. The van der Waals surface area contributed by atoms with Crippen LogP contribution < -0.4 is 26.3 Å². The predicted octanol–water partition coefficient (Wildman–Crippen LogP) is 7.36. The van der Waals surface area contributed by atoms with Gasteiger partial charge in [-0.15, -0.1) is 0 Å². The second-order valence-electron chi connectivity index (χ2n) is 21.3. The van der Waals surface area contributed by atoms with Gasteiger partial charge in [0.05, 0.1) is 49.6 Å². The summed E-state index contributed by atoms with van der Waals surface area (Å²) in [6.45, 7) is 3.12. The number of halogens is 10. The molecule has 3 saturated heterocycles. The van der Waals surface area contributed by atoms with Crippen LogP contribution in [0, 0.1) is 34.3 Å². The zero-order valence-corrected chi connectivity index (χ0v) is 45.2. The van der Waals surface area contributed by atoms with Gasteiger partial charge in [-0.25, -0.2) is 37.1 Å². The summed E-state index contributed by atoms with van der Waals surface area (Å²) in [6.07, 6.45) is -17.1. The minimum absolute atomic E-state index is 0.167. The van der Waals surface area contributed by atoms with E-state index in [0.29, 0.717) is 62.0 Å². The van der Waals surface area contributed by atoms with Crippen LogP contribution in [-0.2, 0) is 36.8 Å². The average Bonchev–Trinajstić information content (AvgIpc) is 3.10. The summed E-state index contributed by atoms with van der Waals surface area (Å²) in [5, 5.41) is 18.7. The van der Waals surface area contributed by atoms with Gasteiger partial charge in [0, 0.05) is 85.5 Å². The minimum Gasteiger partial charge on any atom is -0.453 e. The van der Waals surface area contributed by atoms with E-state index in [1.165, 1.54) is 12.1 Å². The number of aliphatic hydroxyl groups is 1. The Balaban J connectivity index is 1.18. The van der Waals surface area contributed by atoms with Crippen molar-refractivity contribution < 1.29 is 82.4 Å². The molecule has 6 atom stereocenters. The molecule has 5 heterocycles. The minimum atomic E-state index is -5.26. The van der Waals surface area contributed by atoms with E-state index in [1.807, 2.05) is 28.2 Å². The number of alkyl carbamates (subject to hydrolysis) is 2. The Morgan fingerprint density at radius 3 is 1.91 bits per heavy atom. The highest BCUT2D eigenvalue weighted by atomic mass is 19.4. The van der Waals surface area contributed by atoms with Crippen LogP contribution in [0.1, 0.15) is 74.8 Å². The molecule has 0 saturated carbocycles. The molecule has 2 bridgehead atoms. The summed E-state index contributed by atoms with van der Waals surface area (Å²) < 4.78 is 161. The van der Waals surface area contributed by atoms with Gasteiger partial charge in [0.15, 0.2) is 6.10 Å². The highest BCUT2D eigenvalue weighted by molar-refractivity contribution is 5.87. The van der Waals surface area contributed by atoms with Crippen LogP contribution in [0.3, 0.4) is 0 Å². The largest absolute Gasteiger partial charge is 0.453 e. The number of nitrogens with one attached hydrogen (secondary N) is 4. The number of hydrazine groups is 1. The summed E-state index contributed by atoms with van der Waals surface area (Å²) >= 11 is 0. The number of nitrogens with zero attached hydrogens (tertiary/aromatic N) is 5. The third-order valence-electron chi connectivity index (χ3n) is 14.9. The Bertz CT molecular complexity index is 2940. The van der Waals surface area contributed by atoms with Crippen molar-refractivity contribution in [1.82, 2.24) is 41.3 Å². The molecule has 82 heavy (non-hydrogen) atoms. The number of hydrogen-bond donors (Lipinski definition) is 5. The van der Waals surface area contributed by atoms with Crippen LogP contribution >= 0.6 is 0 Å². The van der Waals surface area contributed by atoms with Gasteiger partial charge in [-0.2, -0.15) is 26.3 Å². The molecule has 7 rings (SSSR count). The Kier molecular flexibility index (Phi) is 19.4. The van der Waals surface area contributed by atoms with Gasteiger partial charge in [-0.05, 0) is 101 Å². The quantitative estimate of drug-likeness (QED) is 0.0355. The zero-order valence-electron chi connectivity index (χ0n) is 45.2. The fourth-order valence-corrected chi connectivity index (χ4v) is 9.71. The molecule has 444 valence electrons. The number of aliphatic hydroxyl groups excluding tert-OH is 1. The van der Waals surface area contributed by atoms with E-state index < -0.39 is 120 Å². The number of piperazine rings is 1. The summed E-state index contributed by atoms with van der Waals surface area (Å²) in [6, 6.07) is 10.3. The molecule has 0 unspecified atom stereocenters. The molecule has 3 aliphatic rings. The van der Waals surface area contributed by atoms with E-state index in [4.69, 9.17) is 9.47 Å². The molecule has 17 nitrogen and oxygen atoms in total. The van der Waals surface area contributed by atoms with E-state index in [9.17, 15) is 59.4 Å². The molecule has 4 amide bonds. The van der Waals surface area contributed by atoms with Crippen molar-refractivity contribution >= 4 is 29.8 Å². The first-order valence-electron chi connectivity index (χ1n) is 25.8. The molecule has 2 aromatic carbocycles. The van der Waals surface area contributed by atoms with Gasteiger partial charge in [0.25, 0.3) is 12.3 Å². The smallest absolute Gasteiger partial charge is 0.407 e. The van der Waals surface area contributed by atoms with Crippen molar-refractivity contribution in [2.75, 3.05) is 51.9 Å². The van der Waals surface area contributed by atoms with Gasteiger partial charge in [0.1, 0.15) is 28.9 Å². The lowest BCUT2D eigenvalue weighted by Gasteiger charge is -2.47. The maximum absolute atomic E-state index is 16.1. The van der Waals surface area contributed by atoms with Crippen LogP contribution in [0.15, 0.2) is 73.1 Å². The van der Waals surface area contributed by atoms with Crippen LogP contribution in [0.5, 0.6) is 0 Å². The topological polar surface area (TPSA) is 200 Å². The second-order valence-corrected chi connectivity index (χ2v) is 21.3. The molecule has 5 N–H and O–H groups in total. The van der Waals surface area contributed by atoms with E-state index in [1.54, 1.807) is 18.3 Å². The monoisotopic (exact) mass is 1170 g/mol. The Morgan fingerprint density at radius 1 is 0.793 bits per heavy atom. The van der Waals surface area contributed by atoms with Crippen LogP contribution in [0.2, 0.25) is 0 Å². The average molecular weight is 1170 g/mol. The van der Waals surface area contributed by atoms with E-state index in [-0.39, 0.29) is 16.8 Å². The van der Waals surface area contributed by atoms with E-state index >= 15 is 8.78 Å². The summed E-state index contributed by atoms with van der Waals surface area (Å²) in [5.74, 6) is 0.803. The second kappa shape index (κ2) is 25.5. The van der Waals surface area contributed by atoms with Crippen molar-refractivity contribution in [1.29, 1.82) is 0 Å². The number of ether oxygens (including phenoxy) is 3. The zero-order chi connectivity index (χ0) is 60.1. The maximum Gasteiger partial charge on any atom is 0.407 e. The number of amides is 4. The van der Waals surface area contributed by atoms with E-state index in [2.05, 4.69) is 41.7 Å². The molecule has 0 spiro atoms. The first-order chi connectivity index (χ1) is 38.5. The molecule has 3 aliphatic heterocycles. The first-order valence-corrected chi connectivity index (χ1v) is 25.8. The van der Waals surface area contributed by atoms with Crippen molar-refractivity contribution in [3.8, 4) is 23.1 Å². The Hall–Kier alpha value is -7.28. The van der Waals surface area contributed by atoms with Gasteiger partial charge >= 0.3 is 24.5 Å². The predicted molar refractivity (Wildman–Crippen MR) is 275 cm³/mol. The number of pyridine rings is 2. The number of alkyl halides is 8. The molecule has 3 fully saturated rings. The van der Waals surface area contributed by atoms with Gasteiger partial charge < -0.3 is 40.2 Å². The molecule has 0 radical (unpaired) electrons. The number of carbonyl (C=O) groups excluding carboxylic acids is 4. The third kappa shape index (κ3) is 14.5. The fraction of sp³-hybridized carbons (Fsp3) is 0.491. The standard InChI is InChI=1S/C55H61F10N9O8/c1-52(2,54(60,61)62)45(70-51(79)80-6)48(76)69-42(19-31-10-7-30(8-11-31)9-12-32-13-18-44(68-22-32)72-24-35-15-16-36(25-72)74(35)37-28-81-29-37)43(75)27-73(71-49(77)46(82-50(78)66-5)53(3,4)55(63,64)65)26-38-39(56)20-34(21-40(38)57)41-17-14-33(23-67-41)47(58)59/h7-8,10-11,13-14,17-18,20-23,35-37,42-43,45-47,75H,15-16,19,24-29H2,1-6H3,(H,66,78)(H,69,76)(H,70,79)(H,71,77)/t35-,36-,42-,43-,45+,46+/m0/s1. The first kappa shape index (κ1) is 62.3. The van der Waals surface area contributed by atoms with Crippen molar-refractivity contribution in [3.63, 3.8) is 0 Å². The molecular weight excluding hydrogens is 1100 g/mol. The number of rotatable bonds is 19. The number of hydrogen-bond acceptors (Lipinski definition) is 13. The molecule has 0 aliphatic carbocycles. The summed E-state index contributed by atoms with van der Waals surface area (Å²) in [5.41, 5.74) is -4.74. The number of anilines is 1. The normalized spacial score (nSPS) is 18.4. The van der Waals surface area contributed by atoms with Gasteiger partial charge in [0.2, 0.25) is 5.91 Å². The third-order valence-corrected chi connectivity index (χ3v) is 14.9. The lowest BCUT2D eigenvalue weighted by atomic mass is 9.82. The van der Waals surface area contributed by atoms with Crippen LogP contribution in [-0.4, -0.2) is 151 Å². The van der Waals surface area contributed by atoms with Gasteiger partial charge in [-0.3, -0.25) is 24.9 Å². The number of fused-ring (bicyclic) bond motifs is 2. The number of methoxy groups -OCH3 is 1. The molecule has 4 aromatic rings. The summed E-state index contributed by atoms with van der Waals surface area (Å²) in [4.78, 5) is 66.3. The van der Waals surface area contributed by atoms with Crippen molar-refractivity contribution in [3.05, 3.63) is 113 Å². The highest BCUT2D eigenvalue weighted by Gasteiger charge is 2.58. The van der Waals surface area contributed by atoms with Crippen molar-refractivity contribution in [2.45, 2.75) is 115 Å². The molecule has 27 heteroatoms. The lowest BCUT2D eigenvalue weighted by Crippen LogP contribution is -2.62. The SMILES string of the molecule is CNC(=O)O[C@H](C(=O)NN(Cc1c(F)cc(-c2ccc(C(F)F)cn2)cc1F)C[C@H](O)[C@H](Cc1ccc(C#Cc2ccc(N3C[C@@H]4CC[C@@H](C3)N4C3COC3)nc2)cc1)NC(=O)[C@@H](NC(=O)OC)C(C)(C)C(F)(F)F)C(C)(C)C(F)(F)F. The Labute approximate surface area is 465 Å². The van der Waals surface area contributed by atoms with Crippen LogP contribution in [0.4, 0.5) is 59.3 Å². The Morgan fingerprint density at radius 2 is 1.40 bits per heavy atom. The molecule has 2 aromatic heterocycles. The van der Waals surface area contributed by atoms with E-state index in [0.717, 1.165) is 89.6 Å². The number of aromatic nitrogens is 2. The van der Waals surface area contributed by atoms with Crippen LogP contribution in [0.25, 0.3) is 11.3 Å². The number of carbonyl (C=O) groups is 4. The summed E-state index contributed by atoms with van der Waals surface area (Å²) in [7, 11) is 1.80. The number of benzene rings is 2. The fourth-order valence-electron chi connectivity index (χ4n) is 9.71.